The number of aliphatic hydroxyl groups is 3. The number of aliphatic hydroxyl groups excluding tert-OH is 3. The highest BCUT2D eigenvalue weighted by Crippen LogP contribution is 2.13. The third-order valence-corrected chi connectivity index (χ3v) is 6.90. The lowest BCUT2D eigenvalue weighted by Gasteiger charge is -2.23. The average Bonchev–Trinajstić information content (AvgIpc) is 2.86. The third-order valence-electron chi connectivity index (χ3n) is 6.90. The van der Waals surface area contributed by atoms with E-state index in [2.05, 4.69) is 19.2 Å². The minimum atomic E-state index is -1.24. The zero-order valence-corrected chi connectivity index (χ0v) is 23.2. The Labute approximate surface area is 217 Å². The topological polar surface area (TPSA) is 89.8 Å². The molecule has 0 aromatic rings. The highest BCUT2D eigenvalue weighted by Gasteiger charge is 2.22. The van der Waals surface area contributed by atoms with Gasteiger partial charge in [-0.25, -0.2) is 0 Å². The van der Waals surface area contributed by atoms with Crippen LogP contribution < -0.4 is 5.32 Å². The van der Waals surface area contributed by atoms with Gasteiger partial charge in [-0.1, -0.05) is 142 Å². The molecule has 0 saturated carbocycles. The molecule has 0 aromatic carbocycles. The van der Waals surface area contributed by atoms with Crippen molar-refractivity contribution in [2.24, 2.45) is 0 Å². The van der Waals surface area contributed by atoms with Gasteiger partial charge in [0.25, 0.3) is 5.91 Å². The molecule has 0 radical (unpaired) electrons. The summed E-state index contributed by atoms with van der Waals surface area (Å²) in [5.41, 5.74) is 0. The minimum absolute atomic E-state index is 0.335. The van der Waals surface area contributed by atoms with Crippen molar-refractivity contribution in [2.45, 2.75) is 167 Å². The predicted molar refractivity (Wildman–Crippen MR) is 148 cm³/mol. The van der Waals surface area contributed by atoms with Crippen LogP contribution >= 0.6 is 0 Å². The van der Waals surface area contributed by atoms with E-state index >= 15 is 0 Å². The van der Waals surface area contributed by atoms with Gasteiger partial charge >= 0.3 is 0 Å². The fourth-order valence-corrected chi connectivity index (χ4v) is 4.46. The van der Waals surface area contributed by atoms with Gasteiger partial charge in [-0.05, 0) is 19.3 Å². The summed E-state index contributed by atoms with van der Waals surface area (Å²) in [5, 5.41) is 32.6. The van der Waals surface area contributed by atoms with Crippen LogP contribution in [0.1, 0.15) is 149 Å². The number of unbranched alkanes of at least 4 members (excludes halogenated alkanes) is 18. The zero-order chi connectivity index (χ0) is 26.0. The molecule has 208 valence electrons. The molecule has 35 heavy (non-hydrogen) atoms. The molecule has 0 unspecified atom stereocenters. The Morgan fingerprint density at radius 3 is 1.57 bits per heavy atom. The molecule has 3 atom stereocenters. The van der Waals surface area contributed by atoms with E-state index in [9.17, 15) is 20.1 Å². The van der Waals surface area contributed by atoms with Crippen LogP contribution in [0.3, 0.4) is 0 Å². The fraction of sp³-hybridized carbons (Fsp3) is 0.900. The summed E-state index contributed by atoms with van der Waals surface area (Å²) >= 11 is 0. The number of amides is 1. The van der Waals surface area contributed by atoms with E-state index in [-0.39, 0.29) is 6.61 Å². The number of hydrogen-bond donors (Lipinski definition) is 4. The Hall–Kier alpha value is -0.910. The van der Waals surface area contributed by atoms with Crippen LogP contribution in [-0.4, -0.2) is 46.1 Å². The maximum atomic E-state index is 12.2. The highest BCUT2D eigenvalue weighted by molar-refractivity contribution is 5.82. The molecule has 0 fully saturated rings. The number of carbonyl (C=O) groups excluding carboxylic acids is 1. The number of carbonyl (C=O) groups is 1. The molecule has 0 bridgehead atoms. The minimum Gasteiger partial charge on any atom is -0.394 e. The van der Waals surface area contributed by atoms with Crippen LogP contribution in [0.25, 0.3) is 0 Å². The number of rotatable bonds is 26. The van der Waals surface area contributed by atoms with Crippen LogP contribution in [-0.2, 0) is 4.79 Å². The van der Waals surface area contributed by atoms with Gasteiger partial charge in [-0.3, -0.25) is 4.79 Å². The monoisotopic (exact) mass is 497 g/mol. The second-order valence-electron chi connectivity index (χ2n) is 10.3. The first-order valence-electron chi connectivity index (χ1n) is 15.0. The third kappa shape index (κ3) is 22.0. The number of allylic oxidation sites excluding steroid dienone is 1. The Balaban J connectivity index is 3.80. The standard InChI is InChI=1S/C30H59NO4/c1-3-5-7-9-11-12-13-14-15-16-17-19-21-23-25-29(34)30(35)31-27(26-32)28(33)24-22-20-18-10-8-6-4-2/h23,25,27-29,32-34H,3-22,24,26H2,1-2H3,(H,31,35)/b25-23+/t27-,28+,29+/m0/s1. The van der Waals surface area contributed by atoms with Gasteiger partial charge in [0, 0.05) is 0 Å². The lowest BCUT2D eigenvalue weighted by atomic mass is 10.0. The van der Waals surface area contributed by atoms with Crippen molar-refractivity contribution in [3.05, 3.63) is 12.2 Å². The molecular weight excluding hydrogens is 438 g/mol. The number of nitrogens with one attached hydrogen (secondary N) is 1. The molecule has 1 amide bonds. The van der Waals surface area contributed by atoms with Gasteiger partial charge in [0.05, 0.1) is 18.8 Å². The lowest BCUT2D eigenvalue weighted by Crippen LogP contribution is -2.49. The van der Waals surface area contributed by atoms with Gasteiger partial charge in [0.15, 0.2) is 6.10 Å². The molecule has 0 aliphatic rings. The lowest BCUT2D eigenvalue weighted by molar-refractivity contribution is -0.129. The van der Waals surface area contributed by atoms with E-state index in [4.69, 9.17) is 0 Å². The summed E-state index contributed by atoms with van der Waals surface area (Å²) in [6.07, 6.45) is 26.6. The van der Waals surface area contributed by atoms with Crippen LogP contribution in [0.4, 0.5) is 0 Å². The molecule has 0 rings (SSSR count). The summed E-state index contributed by atoms with van der Waals surface area (Å²) in [6, 6.07) is -0.734. The van der Waals surface area contributed by atoms with E-state index in [0.29, 0.717) is 6.42 Å². The molecule has 5 heteroatoms. The quantitative estimate of drug-likeness (QED) is 0.0767. The van der Waals surface area contributed by atoms with Gasteiger partial charge in [-0.15, -0.1) is 0 Å². The Morgan fingerprint density at radius 1 is 0.686 bits per heavy atom. The molecule has 4 N–H and O–H groups in total. The van der Waals surface area contributed by atoms with Crippen molar-refractivity contribution in [2.75, 3.05) is 6.61 Å². The van der Waals surface area contributed by atoms with E-state index in [0.717, 1.165) is 32.1 Å². The van der Waals surface area contributed by atoms with Crippen molar-refractivity contribution < 1.29 is 20.1 Å². The normalized spacial score (nSPS) is 14.3. The summed E-state index contributed by atoms with van der Waals surface area (Å²) in [6.45, 7) is 4.12. The highest BCUT2D eigenvalue weighted by atomic mass is 16.3. The van der Waals surface area contributed by atoms with Crippen LogP contribution in [0.2, 0.25) is 0 Å². The van der Waals surface area contributed by atoms with Gasteiger partial charge in [0.1, 0.15) is 0 Å². The summed E-state index contributed by atoms with van der Waals surface area (Å²) in [7, 11) is 0. The SMILES string of the molecule is CCCCCCCCCCCCCC/C=C/[C@@H](O)C(=O)N[C@@H](CO)[C@H](O)CCCCCCCCC. The second-order valence-corrected chi connectivity index (χ2v) is 10.3. The average molecular weight is 498 g/mol. The Morgan fingerprint density at radius 2 is 1.11 bits per heavy atom. The fourth-order valence-electron chi connectivity index (χ4n) is 4.46. The molecule has 0 aliphatic carbocycles. The van der Waals surface area contributed by atoms with Crippen molar-refractivity contribution in [3.63, 3.8) is 0 Å². The van der Waals surface area contributed by atoms with Crippen molar-refractivity contribution in [1.29, 1.82) is 0 Å². The predicted octanol–water partition coefficient (Wildman–Crippen LogP) is 6.97. The molecule has 0 spiro atoms. The molecule has 0 aromatic heterocycles. The van der Waals surface area contributed by atoms with E-state index in [1.54, 1.807) is 0 Å². The van der Waals surface area contributed by atoms with Gasteiger partial charge in [-0.2, -0.15) is 0 Å². The van der Waals surface area contributed by atoms with E-state index in [1.807, 2.05) is 6.08 Å². The molecule has 0 aliphatic heterocycles. The van der Waals surface area contributed by atoms with Gasteiger partial charge in [0.2, 0.25) is 0 Å². The molecule has 5 nitrogen and oxygen atoms in total. The summed E-state index contributed by atoms with van der Waals surface area (Å²) < 4.78 is 0. The maximum Gasteiger partial charge on any atom is 0.253 e. The van der Waals surface area contributed by atoms with Crippen LogP contribution in [0.5, 0.6) is 0 Å². The van der Waals surface area contributed by atoms with Crippen molar-refractivity contribution >= 4 is 5.91 Å². The first-order valence-corrected chi connectivity index (χ1v) is 15.0. The first kappa shape index (κ1) is 34.1. The summed E-state index contributed by atoms with van der Waals surface area (Å²) in [4.78, 5) is 12.2. The smallest absolute Gasteiger partial charge is 0.253 e. The van der Waals surface area contributed by atoms with Crippen molar-refractivity contribution in [3.8, 4) is 0 Å². The maximum absolute atomic E-state index is 12.2. The van der Waals surface area contributed by atoms with E-state index in [1.165, 1.54) is 102 Å². The van der Waals surface area contributed by atoms with Gasteiger partial charge < -0.3 is 20.6 Å². The second kappa shape index (κ2) is 26.2. The zero-order valence-electron chi connectivity index (χ0n) is 23.2. The molecular formula is C30H59NO4. The van der Waals surface area contributed by atoms with Crippen molar-refractivity contribution in [1.82, 2.24) is 5.32 Å². The summed E-state index contributed by atoms with van der Waals surface area (Å²) in [5.74, 6) is -0.561. The molecule has 0 saturated heterocycles. The number of hydrogen-bond acceptors (Lipinski definition) is 4. The Kier molecular flexibility index (Phi) is 25.5. The van der Waals surface area contributed by atoms with E-state index < -0.39 is 24.2 Å². The molecule has 0 heterocycles. The first-order chi connectivity index (χ1) is 17.1. The van der Waals surface area contributed by atoms with Crippen LogP contribution in [0, 0.1) is 0 Å². The van der Waals surface area contributed by atoms with Crippen LogP contribution in [0.15, 0.2) is 12.2 Å². The Bertz CT molecular complexity index is 483. The largest absolute Gasteiger partial charge is 0.394 e.